The molecule has 0 aliphatic rings. The van der Waals surface area contributed by atoms with Gasteiger partial charge in [0, 0.05) is 0 Å². The second-order valence-electron chi connectivity index (χ2n) is 0.471. The van der Waals surface area contributed by atoms with Gasteiger partial charge in [0.05, 0.1) is 0 Å². The fraction of sp³-hybridized carbons (Fsp3) is 0. The summed E-state index contributed by atoms with van der Waals surface area (Å²) in [6.07, 6.45) is 0. The van der Waals surface area contributed by atoms with Crippen LogP contribution in [0.4, 0.5) is 0 Å². The van der Waals surface area contributed by atoms with E-state index in [4.69, 9.17) is 0 Å². The van der Waals surface area contributed by atoms with E-state index in [9.17, 15) is 0 Å². The summed E-state index contributed by atoms with van der Waals surface area (Å²) in [6, 6.07) is 0. The van der Waals surface area contributed by atoms with Crippen molar-refractivity contribution in [3.05, 3.63) is 0 Å². The summed E-state index contributed by atoms with van der Waals surface area (Å²) >= 11 is 0. The quantitative estimate of drug-likeness (QED) is 0.318. The molecular weight excluding hydrogens is 44.4 g/mol. The summed E-state index contributed by atoms with van der Waals surface area (Å²) in [4.78, 5) is 0. The van der Waals surface area contributed by atoms with Crippen molar-refractivity contribution in [2.75, 3.05) is 0 Å². The van der Waals surface area contributed by atoms with E-state index in [1.807, 2.05) is 0 Å². The molecular formula is CH3B3. The van der Waals surface area contributed by atoms with Crippen molar-refractivity contribution in [2.24, 2.45) is 0 Å². The molecule has 0 aromatic heterocycles. The van der Waals surface area contributed by atoms with Crippen LogP contribution < -0.4 is 0 Å². The number of hydrogen-bond donors (Lipinski definition) is 0. The zero-order chi connectivity index (χ0) is 3.41. The molecule has 0 radical (unpaired) electrons. The molecule has 4 heavy (non-hydrogen) atoms. The molecule has 3 heteroatoms. The molecule has 0 aliphatic carbocycles. The summed E-state index contributed by atoms with van der Waals surface area (Å²) in [6.45, 7) is 6.64. The first-order valence-electron chi connectivity index (χ1n) is 1.15. The van der Waals surface area contributed by atoms with E-state index < -0.39 is 0 Å². The number of hydrogen-bond acceptors (Lipinski definition) is 0. The Balaban J connectivity index is 2.73. The van der Waals surface area contributed by atoms with Crippen LogP contribution in [0.3, 0.4) is 0 Å². The van der Waals surface area contributed by atoms with Crippen LogP contribution in [0.2, 0.25) is 0 Å². The van der Waals surface area contributed by atoms with Crippen LogP contribution in [0.5, 0.6) is 0 Å². The zero-order valence-corrected chi connectivity index (χ0v) is 2.57. The van der Waals surface area contributed by atoms with E-state index >= 15 is 0 Å². The van der Waals surface area contributed by atoms with Gasteiger partial charge >= 0.3 is 27.3 Å². The second kappa shape index (κ2) is 3.06. The van der Waals surface area contributed by atoms with Crippen LogP contribution in [-0.4, -0.2) is 27.3 Å². The zero-order valence-electron chi connectivity index (χ0n) is 2.57. The van der Waals surface area contributed by atoms with Crippen molar-refractivity contribution in [1.29, 1.82) is 0 Å². The molecule has 16 valence electrons. The van der Waals surface area contributed by atoms with Gasteiger partial charge in [-0.1, -0.05) is 0 Å². The maximum absolute atomic E-state index is 3.36. The van der Waals surface area contributed by atoms with E-state index in [1.165, 1.54) is 0 Å². The standard InChI is InChI=1S/CH3B3/c1-3-4-2/h2H,1H2. The van der Waals surface area contributed by atoms with Crippen molar-refractivity contribution in [3.63, 3.8) is 0 Å². The molecule has 0 N–H and O–H groups in total. The van der Waals surface area contributed by atoms with Crippen molar-refractivity contribution >= 4 is 27.3 Å². The van der Waals surface area contributed by atoms with Gasteiger partial charge in [-0.05, 0) is 0 Å². The van der Waals surface area contributed by atoms with Crippen LogP contribution in [0.15, 0.2) is 0 Å². The van der Waals surface area contributed by atoms with E-state index in [2.05, 4.69) is 13.8 Å². The van der Waals surface area contributed by atoms with Gasteiger partial charge in [-0.3, -0.25) is 0 Å². The Morgan fingerprint density at radius 1 is 1.75 bits per heavy atom. The van der Waals surface area contributed by atoms with Gasteiger partial charge in [-0.25, -0.2) is 0 Å². The Morgan fingerprint density at radius 2 is 2.00 bits per heavy atom. The van der Waals surface area contributed by atoms with Crippen molar-refractivity contribution in [1.82, 2.24) is 0 Å². The second-order valence-corrected chi connectivity index (χ2v) is 0.471. The van der Waals surface area contributed by atoms with Crippen LogP contribution in [-0.2, 0) is 0 Å². The average Bonchev–Trinajstić information content (AvgIpc) is 1.37. The molecule has 0 nitrogen and oxygen atoms in total. The summed E-state index contributed by atoms with van der Waals surface area (Å²) in [7, 11) is 3.36. The van der Waals surface area contributed by atoms with Gasteiger partial charge < -0.3 is 0 Å². The Bertz CT molecular complexity index is 24.3. The van der Waals surface area contributed by atoms with Gasteiger partial charge in [0.2, 0.25) is 0 Å². The maximum atomic E-state index is 3.36. The van der Waals surface area contributed by atoms with E-state index in [1.54, 1.807) is 13.5 Å². The van der Waals surface area contributed by atoms with Crippen LogP contribution >= 0.6 is 0 Å². The van der Waals surface area contributed by atoms with Gasteiger partial charge in [0.1, 0.15) is 0 Å². The van der Waals surface area contributed by atoms with Crippen molar-refractivity contribution in [3.8, 4) is 0 Å². The molecule has 0 aromatic carbocycles. The molecule has 0 unspecified atom stereocenters. The molecule has 0 aliphatic heterocycles. The molecule has 0 heterocycles. The summed E-state index contributed by atoms with van der Waals surface area (Å²) in [5.41, 5.74) is 0. The molecule has 0 fully saturated rings. The monoisotopic (exact) mass is 48.1 g/mol. The molecule has 0 atom stereocenters. The normalized spacial score (nSPS) is 2.75. The van der Waals surface area contributed by atoms with E-state index in [0.29, 0.717) is 0 Å². The summed E-state index contributed by atoms with van der Waals surface area (Å²) in [5, 5.41) is 0. The van der Waals surface area contributed by atoms with Crippen LogP contribution in [0.1, 0.15) is 0 Å². The van der Waals surface area contributed by atoms with Gasteiger partial charge in [-0.2, -0.15) is 0 Å². The molecule has 0 rings (SSSR count). The Hall–Kier alpha value is 0.0648. The first-order valence-corrected chi connectivity index (χ1v) is 1.15. The topological polar surface area (TPSA) is 0 Å². The predicted molar refractivity (Wildman–Crippen MR) is 25.8 cm³/mol. The van der Waals surface area contributed by atoms with Crippen LogP contribution in [0.25, 0.3) is 0 Å². The molecule has 0 amide bonds. The van der Waals surface area contributed by atoms with Gasteiger partial charge in [0.25, 0.3) is 0 Å². The Kier molecular flexibility index (Phi) is 3.11. The first-order chi connectivity index (χ1) is 1.91. The molecule has 0 saturated heterocycles. The molecule has 0 spiro atoms. The third-order valence-corrected chi connectivity index (χ3v) is 0.167. The predicted octanol–water partition coefficient (Wildman–Crippen LogP) is -1.44. The Labute approximate surface area is 28.4 Å². The minimum atomic E-state index is 1.64. The van der Waals surface area contributed by atoms with Crippen molar-refractivity contribution < 1.29 is 0 Å². The molecule has 0 saturated carbocycles. The number of rotatable bonds is 1. The minimum absolute atomic E-state index is 1.64. The Morgan fingerprint density at radius 3 is 2.00 bits per heavy atom. The third-order valence-electron chi connectivity index (χ3n) is 0.167. The van der Waals surface area contributed by atoms with Crippen LogP contribution in [0, 0.1) is 0 Å². The molecule has 0 aromatic rings. The third kappa shape index (κ3) is 2.06. The fourth-order valence-corrected chi connectivity index (χ4v) is 0. The van der Waals surface area contributed by atoms with Gasteiger partial charge in [-0.15, -0.1) is 0 Å². The summed E-state index contributed by atoms with van der Waals surface area (Å²) < 4.78 is 0. The molecule has 0 bridgehead atoms. The van der Waals surface area contributed by atoms with Crippen molar-refractivity contribution in [2.45, 2.75) is 0 Å². The summed E-state index contributed by atoms with van der Waals surface area (Å²) in [5.74, 6) is 0. The van der Waals surface area contributed by atoms with Gasteiger partial charge in [0.15, 0.2) is 0 Å². The fourth-order valence-electron chi connectivity index (χ4n) is 0. The van der Waals surface area contributed by atoms with E-state index in [-0.39, 0.29) is 0 Å². The SMILES string of the molecule is B=BB=C. The average molecular weight is 47.5 g/mol. The van der Waals surface area contributed by atoms with E-state index in [0.717, 1.165) is 0 Å². The first kappa shape index (κ1) is 4.06.